The van der Waals surface area contributed by atoms with Gasteiger partial charge in [0.1, 0.15) is 11.5 Å². The SMILES string of the molecule is CCOC(=O)c1cc(-c2ccc(/C=N/N3C(=O)CSC3=S)o2)ccc1Cl. The predicted molar refractivity (Wildman–Crippen MR) is 105 cm³/mol. The molecule has 1 aromatic carbocycles. The number of thioether (sulfide) groups is 1. The van der Waals surface area contributed by atoms with Crippen molar-refractivity contribution < 1.29 is 18.7 Å². The average Bonchev–Trinajstić information content (AvgIpc) is 3.21. The summed E-state index contributed by atoms with van der Waals surface area (Å²) in [4.78, 5) is 23.6. The number of esters is 1. The number of nitrogens with zero attached hydrogens (tertiary/aromatic N) is 2. The Morgan fingerprint density at radius 1 is 1.46 bits per heavy atom. The first kappa shape index (κ1) is 18.6. The number of halogens is 1. The smallest absolute Gasteiger partial charge is 0.339 e. The Kier molecular flexibility index (Phi) is 5.75. The first-order valence-electron chi connectivity index (χ1n) is 7.60. The fourth-order valence-electron chi connectivity index (χ4n) is 2.19. The van der Waals surface area contributed by atoms with Gasteiger partial charge in [-0.2, -0.15) is 10.1 Å². The molecule has 0 saturated carbocycles. The number of carbonyl (C=O) groups is 2. The number of benzene rings is 1. The molecule has 1 aromatic heterocycles. The van der Waals surface area contributed by atoms with E-state index in [1.165, 1.54) is 23.0 Å². The highest BCUT2D eigenvalue weighted by Crippen LogP contribution is 2.27. The zero-order valence-electron chi connectivity index (χ0n) is 13.6. The molecule has 0 spiro atoms. The van der Waals surface area contributed by atoms with Crippen molar-refractivity contribution in [2.75, 3.05) is 12.4 Å². The summed E-state index contributed by atoms with van der Waals surface area (Å²) in [6, 6.07) is 8.39. The Labute approximate surface area is 164 Å². The molecule has 0 atom stereocenters. The fourth-order valence-corrected chi connectivity index (χ4v) is 3.36. The van der Waals surface area contributed by atoms with Crippen molar-refractivity contribution in [3.63, 3.8) is 0 Å². The van der Waals surface area contributed by atoms with Crippen LogP contribution in [0.1, 0.15) is 23.0 Å². The average molecular weight is 409 g/mol. The van der Waals surface area contributed by atoms with Gasteiger partial charge < -0.3 is 9.15 Å². The van der Waals surface area contributed by atoms with Gasteiger partial charge in [0.15, 0.2) is 4.32 Å². The number of rotatable bonds is 5. The highest BCUT2D eigenvalue weighted by Gasteiger charge is 2.26. The third-order valence-corrected chi connectivity index (χ3v) is 5.07. The lowest BCUT2D eigenvalue weighted by Gasteiger charge is -2.06. The van der Waals surface area contributed by atoms with Crippen LogP contribution in [0.4, 0.5) is 0 Å². The van der Waals surface area contributed by atoms with E-state index in [2.05, 4.69) is 5.10 Å². The molecule has 6 nitrogen and oxygen atoms in total. The molecule has 9 heteroatoms. The second kappa shape index (κ2) is 8.03. The predicted octanol–water partition coefficient (Wildman–Crippen LogP) is 3.97. The second-order valence-corrected chi connectivity index (χ2v) is 7.14. The van der Waals surface area contributed by atoms with Crippen LogP contribution in [0, 0.1) is 0 Å². The van der Waals surface area contributed by atoms with E-state index in [4.69, 9.17) is 33.0 Å². The maximum Gasteiger partial charge on any atom is 0.339 e. The molecule has 2 aromatic rings. The van der Waals surface area contributed by atoms with Gasteiger partial charge in [0.05, 0.1) is 29.2 Å². The van der Waals surface area contributed by atoms with Crippen molar-refractivity contribution in [2.45, 2.75) is 6.92 Å². The van der Waals surface area contributed by atoms with Gasteiger partial charge in [-0.3, -0.25) is 4.79 Å². The van der Waals surface area contributed by atoms with E-state index in [1.807, 2.05) is 0 Å². The number of hydrazone groups is 1. The van der Waals surface area contributed by atoms with Crippen molar-refractivity contribution in [3.05, 3.63) is 46.7 Å². The molecule has 3 rings (SSSR count). The lowest BCUT2D eigenvalue weighted by molar-refractivity contribution is -0.124. The molecule has 0 N–H and O–H groups in total. The van der Waals surface area contributed by atoms with E-state index in [0.717, 1.165) is 0 Å². The quantitative estimate of drug-likeness (QED) is 0.423. The van der Waals surface area contributed by atoms with E-state index in [9.17, 15) is 9.59 Å². The number of ether oxygens (including phenoxy) is 1. The lowest BCUT2D eigenvalue weighted by Crippen LogP contribution is -2.22. The number of hydrogen-bond acceptors (Lipinski definition) is 7. The summed E-state index contributed by atoms with van der Waals surface area (Å²) >= 11 is 12.4. The van der Waals surface area contributed by atoms with Crippen LogP contribution in [0.3, 0.4) is 0 Å². The molecule has 0 unspecified atom stereocenters. The molecule has 0 bridgehead atoms. The van der Waals surface area contributed by atoms with E-state index < -0.39 is 5.97 Å². The third-order valence-electron chi connectivity index (χ3n) is 3.40. The van der Waals surface area contributed by atoms with Crippen molar-refractivity contribution >= 4 is 58.0 Å². The van der Waals surface area contributed by atoms with Gasteiger partial charge in [0.25, 0.3) is 5.91 Å². The third kappa shape index (κ3) is 3.98. The van der Waals surface area contributed by atoms with Gasteiger partial charge in [-0.05, 0) is 37.3 Å². The molecule has 0 aliphatic carbocycles. The minimum atomic E-state index is -0.494. The molecule has 1 saturated heterocycles. The van der Waals surface area contributed by atoms with Gasteiger partial charge in [0, 0.05) is 5.56 Å². The van der Waals surface area contributed by atoms with E-state index in [1.54, 1.807) is 37.3 Å². The molecule has 1 aliphatic rings. The Hall–Kier alpha value is -2.16. The zero-order chi connectivity index (χ0) is 18.7. The molecule has 0 radical (unpaired) electrons. The number of furan rings is 1. The van der Waals surface area contributed by atoms with Crippen LogP contribution in [0.5, 0.6) is 0 Å². The summed E-state index contributed by atoms with van der Waals surface area (Å²) in [5, 5.41) is 5.53. The first-order chi connectivity index (χ1) is 12.5. The molecule has 134 valence electrons. The monoisotopic (exact) mass is 408 g/mol. The Balaban J connectivity index is 1.81. The molecular weight excluding hydrogens is 396 g/mol. The van der Waals surface area contributed by atoms with E-state index in [0.29, 0.717) is 32.2 Å². The summed E-state index contributed by atoms with van der Waals surface area (Å²) in [5.41, 5.74) is 0.933. The van der Waals surface area contributed by atoms with Gasteiger partial charge in [-0.25, -0.2) is 4.79 Å². The molecular formula is C17H13ClN2O4S2. The minimum absolute atomic E-state index is 0.167. The molecule has 1 amide bonds. The normalized spacial score (nSPS) is 14.5. The fraction of sp³-hybridized carbons (Fsp3) is 0.176. The van der Waals surface area contributed by atoms with Gasteiger partial charge in [0.2, 0.25) is 0 Å². The van der Waals surface area contributed by atoms with Gasteiger partial charge >= 0.3 is 5.97 Å². The molecule has 2 heterocycles. The number of amides is 1. The van der Waals surface area contributed by atoms with Crippen molar-refractivity contribution in [1.29, 1.82) is 0 Å². The Bertz CT molecular complexity index is 894. The van der Waals surface area contributed by atoms with E-state index in [-0.39, 0.29) is 18.1 Å². The highest BCUT2D eigenvalue weighted by atomic mass is 35.5. The van der Waals surface area contributed by atoms with Crippen LogP contribution in [-0.2, 0) is 9.53 Å². The Morgan fingerprint density at radius 2 is 2.27 bits per heavy atom. The van der Waals surface area contributed by atoms with E-state index >= 15 is 0 Å². The first-order valence-corrected chi connectivity index (χ1v) is 9.37. The molecule has 1 aliphatic heterocycles. The van der Waals surface area contributed by atoms with Crippen molar-refractivity contribution in [3.8, 4) is 11.3 Å². The summed E-state index contributed by atoms with van der Waals surface area (Å²) in [6.07, 6.45) is 1.42. The number of thiocarbonyl (C=S) groups is 1. The lowest BCUT2D eigenvalue weighted by atomic mass is 10.1. The Morgan fingerprint density at radius 3 is 2.96 bits per heavy atom. The standard InChI is InChI=1S/C17H13ClN2O4S2/c1-2-23-16(22)12-7-10(3-5-13(12)18)14-6-4-11(24-14)8-19-20-15(21)9-26-17(20)25/h3-8H,2,9H2,1H3/b19-8+. The topological polar surface area (TPSA) is 72.1 Å². The van der Waals surface area contributed by atoms with Crippen LogP contribution < -0.4 is 0 Å². The minimum Gasteiger partial charge on any atom is -0.462 e. The second-order valence-electron chi connectivity index (χ2n) is 5.12. The molecule has 26 heavy (non-hydrogen) atoms. The summed E-state index contributed by atoms with van der Waals surface area (Å²) < 4.78 is 11.1. The van der Waals surface area contributed by atoms with Crippen LogP contribution in [0.25, 0.3) is 11.3 Å². The summed E-state index contributed by atoms with van der Waals surface area (Å²) in [7, 11) is 0. The zero-order valence-corrected chi connectivity index (χ0v) is 16.0. The molecule has 1 fully saturated rings. The maximum absolute atomic E-state index is 12.0. The largest absolute Gasteiger partial charge is 0.462 e. The highest BCUT2D eigenvalue weighted by molar-refractivity contribution is 8.23. The number of carbonyl (C=O) groups excluding carboxylic acids is 2. The van der Waals surface area contributed by atoms with Crippen molar-refractivity contribution in [1.82, 2.24) is 5.01 Å². The number of hydrogen-bond donors (Lipinski definition) is 0. The van der Waals surface area contributed by atoms with Crippen molar-refractivity contribution in [2.24, 2.45) is 5.10 Å². The summed E-state index contributed by atoms with van der Waals surface area (Å²) in [5.74, 6) is 0.602. The van der Waals surface area contributed by atoms with Crippen LogP contribution in [-0.4, -0.2) is 39.8 Å². The van der Waals surface area contributed by atoms with Crippen LogP contribution in [0.15, 0.2) is 39.9 Å². The van der Waals surface area contributed by atoms with Crippen LogP contribution >= 0.6 is 35.6 Å². The van der Waals surface area contributed by atoms with Gasteiger partial charge in [-0.15, -0.1) is 0 Å². The van der Waals surface area contributed by atoms with Gasteiger partial charge in [-0.1, -0.05) is 35.6 Å². The maximum atomic E-state index is 12.0. The van der Waals surface area contributed by atoms with Crippen LogP contribution in [0.2, 0.25) is 5.02 Å². The summed E-state index contributed by atoms with van der Waals surface area (Å²) in [6.45, 7) is 1.99.